The van der Waals surface area contributed by atoms with Gasteiger partial charge in [-0.1, -0.05) is 0 Å². The van der Waals surface area contributed by atoms with Gasteiger partial charge in [0.1, 0.15) is 5.60 Å². The van der Waals surface area contributed by atoms with E-state index in [0.29, 0.717) is 13.0 Å². The molecule has 2 N–H and O–H groups in total. The Morgan fingerprint density at radius 3 is 2.62 bits per heavy atom. The van der Waals surface area contributed by atoms with Crippen LogP contribution in [0.2, 0.25) is 0 Å². The van der Waals surface area contributed by atoms with Gasteiger partial charge in [0.05, 0.1) is 0 Å². The molecule has 0 aromatic carbocycles. The van der Waals surface area contributed by atoms with Crippen molar-refractivity contribution < 1.29 is 9.53 Å². The van der Waals surface area contributed by atoms with Crippen molar-refractivity contribution in [3.8, 4) is 12.3 Å². The Hall–Kier alpha value is -1.21. The number of hydrogen-bond acceptors (Lipinski definition) is 3. The minimum atomic E-state index is -0.454. The Balaban J connectivity index is 3.64. The third-order valence-electron chi connectivity index (χ3n) is 1.71. The summed E-state index contributed by atoms with van der Waals surface area (Å²) in [7, 11) is 0. The van der Waals surface area contributed by atoms with Crippen LogP contribution in [0.25, 0.3) is 0 Å². The molecule has 0 spiro atoms. The van der Waals surface area contributed by atoms with E-state index in [1.807, 2.05) is 27.7 Å². The number of hydrogen-bond donors (Lipinski definition) is 2. The number of carbonyl (C=O) groups excluding carboxylic acids is 1. The number of alkyl carbamates (subject to hydrolysis) is 1. The molecule has 92 valence electrons. The number of carbonyl (C=O) groups is 1. The highest BCUT2D eigenvalue weighted by Crippen LogP contribution is 2.06. The average molecular weight is 226 g/mol. The second kappa shape index (κ2) is 7.13. The minimum Gasteiger partial charge on any atom is -0.444 e. The van der Waals surface area contributed by atoms with E-state index in [9.17, 15) is 4.79 Å². The summed E-state index contributed by atoms with van der Waals surface area (Å²) in [5, 5.41) is 5.88. The summed E-state index contributed by atoms with van der Waals surface area (Å²) in [6, 6.07) is 0.181. The van der Waals surface area contributed by atoms with Crippen LogP contribution in [-0.2, 0) is 4.74 Å². The minimum absolute atomic E-state index is 0.181. The summed E-state index contributed by atoms with van der Waals surface area (Å²) in [4.78, 5) is 11.3. The summed E-state index contributed by atoms with van der Waals surface area (Å²) in [6.45, 7) is 8.77. The molecular weight excluding hydrogens is 204 g/mol. The Kier molecular flexibility index (Phi) is 6.59. The number of terminal acetylenes is 1. The Labute approximate surface area is 98.1 Å². The topological polar surface area (TPSA) is 50.4 Å². The molecule has 0 bridgehead atoms. The van der Waals surface area contributed by atoms with Crippen LogP contribution in [0.5, 0.6) is 0 Å². The quantitative estimate of drug-likeness (QED) is 0.552. The van der Waals surface area contributed by atoms with Crippen LogP contribution >= 0.6 is 0 Å². The molecule has 0 rings (SSSR count). The van der Waals surface area contributed by atoms with Crippen molar-refractivity contribution in [2.75, 3.05) is 13.1 Å². The summed E-state index contributed by atoms with van der Waals surface area (Å²) in [6.07, 6.45) is 5.43. The smallest absolute Gasteiger partial charge is 0.407 e. The van der Waals surface area contributed by atoms with Crippen LogP contribution in [0.4, 0.5) is 4.79 Å². The van der Waals surface area contributed by atoms with Gasteiger partial charge < -0.3 is 15.4 Å². The van der Waals surface area contributed by atoms with Crippen molar-refractivity contribution in [2.45, 2.75) is 45.8 Å². The van der Waals surface area contributed by atoms with Gasteiger partial charge in [-0.2, -0.15) is 0 Å². The zero-order chi connectivity index (χ0) is 12.6. The highest BCUT2D eigenvalue weighted by atomic mass is 16.6. The van der Waals surface area contributed by atoms with Gasteiger partial charge in [-0.05, 0) is 27.7 Å². The average Bonchev–Trinajstić information content (AvgIpc) is 2.12. The Morgan fingerprint density at radius 2 is 2.12 bits per heavy atom. The van der Waals surface area contributed by atoms with E-state index in [4.69, 9.17) is 11.2 Å². The lowest BCUT2D eigenvalue weighted by Gasteiger charge is -2.21. The molecule has 0 aromatic rings. The van der Waals surface area contributed by atoms with E-state index in [-0.39, 0.29) is 6.04 Å². The van der Waals surface area contributed by atoms with Crippen molar-refractivity contribution in [1.82, 2.24) is 10.6 Å². The van der Waals surface area contributed by atoms with Crippen LogP contribution in [-0.4, -0.2) is 30.8 Å². The van der Waals surface area contributed by atoms with Crippen LogP contribution < -0.4 is 10.6 Å². The monoisotopic (exact) mass is 226 g/mol. The van der Waals surface area contributed by atoms with Gasteiger partial charge in [0.25, 0.3) is 0 Å². The molecule has 16 heavy (non-hydrogen) atoms. The van der Waals surface area contributed by atoms with Crippen LogP contribution in [0.15, 0.2) is 0 Å². The van der Waals surface area contributed by atoms with Crippen molar-refractivity contribution in [2.24, 2.45) is 0 Å². The lowest BCUT2D eigenvalue weighted by molar-refractivity contribution is 0.0523. The maximum atomic E-state index is 11.3. The molecule has 0 heterocycles. The first kappa shape index (κ1) is 14.8. The summed E-state index contributed by atoms with van der Waals surface area (Å²) in [5.74, 6) is 2.54. The van der Waals surface area contributed by atoms with E-state index in [1.165, 1.54) is 0 Å². The van der Waals surface area contributed by atoms with Gasteiger partial charge >= 0.3 is 6.09 Å². The van der Waals surface area contributed by atoms with Crippen LogP contribution in [0.3, 0.4) is 0 Å². The molecule has 0 aliphatic carbocycles. The van der Waals surface area contributed by atoms with Gasteiger partial charge in [0.15, 0.2) is 0 Å². The van der Waals surface area contributed by atoms with Crippen molar-refractivity contribution in [1.29, 1.82) is 0 Å². The molecule has 0 saturated heterocycles. The van der Waals surface area contributed by atoms with E-state index in [2.05, 4.69) is 16.6 Å². The highest BCUT2D eigenvalue weighted by Gasteiger charge is 2.16. The van der Waals surface area contributed by atoms with Crippen molar-refractivity contribution in [3.63, 3.8) is 0 Å². The lowest BCUT2D eigenvalue weighted by Crippen LogP contribution is -2.41. The largest absolute Gasteiger partial charge is 0.444 e. The fraction of sp³-hybridized carbons (Fsp3) is 0.750. The highest BCUT2D eigenvalue weighted by molar-refractivity contribution is 5.67. The maximum absolute atomic E-state index is 11.3. The summed E-state index contributed by atoms with van der Waals surface area (Å²) in [5.41, 5.74) is -0.454. The SMILES string of the molecule is C#CCCNC(C)CNC(=O)OC(C)(C)C. The van der Waals surface area contributed by atoms with Gasteiger partial charge in [0.2, 0.25) is 0 Å². The molecular formula is C12H22N2O2. The molecule has 0 aliphatic rings. The van der Waals surface area contributed by atoms with Crippen LogP contribution in [0, 0.1) is 12.3 Å². The molecule has 0 fully saturated rings. The maximum Gasteiger partial charge on any atom is 0.407 e. The van der Waals surface area contributed by atoms with Crippen molar-refractivity contribution >= 4 is 6.09 Å². The predicted molar refractivity (Wildman–Crippen MR) is 65.2 cm³/mol. The molecule has 1 atom stereocenters. The van der Waals surface area contributed by atoms with Crippen LogP contribution in [0.1, 0.15) is 34.1 Å². The summed E-state index contributed by atoms with van der Waals surface area (Å²) < 4.78 is 5.10. The van der Waals surface area contributed by atoms with E-state index >= 15 is 0 Å². The van der Waals surface area contributed by atoms with Gasteiger partial charge in [-0.3, -0.25) is 0 Å². The standard InChI is InChI=1S/C12H22N2O2/c1-6-7-8-13-10(2)9-14-11(15)16-12(3,4)5/h1,10,13H,7-9H2,2-5H3,(H,14,15). The third kappa shape index (κ3) is 9.35. The molecule has 4 heteroatoms. The Morgan fingerprint density at radius 1 is 1.50 bits per heavy atom. The first-order chi connectivity index (χ1) is 7.35. The van der Waals surface area contributed by atoms with E-state index in [0.717, 1.165) is 6.54 Å². The fourth-order valence-electron chi connectivity index (χ4n) is 1.01. The normalized spacial score (nSPS) is 12.7. The molecule has 1 amide bonds. The molecule has 0 aromatic heterocycles. The number of ether oxygens (including phenoxy) is 1. The first-order valence-electron chi connectivity index (χ1n) is 5.49. The molecule has 0 saturated carbocycles. The van der Waals surface area contributed by atoms with Gasteiger partial charge in [-0.15, -0.1) is 12.3 Å². The fourth-order valence-corrected chi connectivity index (χ4v) is 1.01. The van der Waals surface area contributed by atoms with E-state index in [1.54, 1.807) is 0 Å². The molecule has 4 nitrogen and oxygen atoms in total. The predicted octanol–water partition coefficient (Wildman–Crippen LogP) is 1.51. The number of rotatable bonds is 5. The van der Waals surface area contributed by atoms with Gasteiger partial charge in [-0.25, -0.2) is 4.79 Å². The zero-order valence-electron chi connectivity index (χ0n) is 10.6. The molecule has 1 unspecified atom stereocenters. The molecule has 0 radical (unpaired) electrons. The number of nitrogens with one attached hydrogen (secondary N) is 2. The van der Waals surface area contributed by atoms with Gasteiger partial charge in [0, 0.05) is 25.6 Å². The lowest BCUT2D eigenvalue weighted by atomic mass is 10.2. The Bertz CT molecular complexity index is 251. The third-order valence-corrected chi connectivity index (χ3v) is 1.71. The second-order valence-corrected chi connectivity index (χ2v) is 4.69. The first-order valence-corrected chi connectivity index (χ1v) is 5.49. The molecule has 0 aliphatic heterocycles. The van der Waals surface area contributed by atoms with Crippen molar-refractivity contribution in [3.05, 3.63) is 0 Å². The summed E-state index contributed by atoms with van der Waals surface area (Å²) >= 11 is 0. The zero-order valence-corrected chi connectivity index (χ0v) is 10.6. The number of amides is 1. The van der Waals surface area contributed by atoms with E-state index < -0.39 is 11.7 Å². The second-order valence-electron chi connectivity index (χ2n) is 4.69.